The lowest BCUT2D eigenvalue weighted by molar-refractivity contribution is -0.144. The van der Waals surface area contributed by atoms with E-state index in [0.29, 0.717) is 0 Å². The van der Waals surface area contributed by atoms with E-state index in [2.05, 4.69) is 11.5 Å². The lowest BCUT2D eigenvalue weighted by Crippen LogP contribution is -2.41. The van der Waals surface area contributed by atoms with Gasteiger partial charge >= 0.3 is 11.9 Å². The molecule has 0 aliphatic rings. The first-order valence-corrected chi connectivity index (χ1v) is 13.6. The Morgan fingerprint density at radius 3 is 2.23 bits per heavy atom. The fraction of sp³-hybridized carbons (Fsp3) is 0.368. The highest BCUT2D eigenvalue weighted by Gasteiger charge is 2.35. The first-order chi connectivity index (χ1) is 13.7. The third-order valence-corrected chi connectivity index (χ3v) is 6.21. The minimum atomic E-state index is -4.93. The summed E-state index contributed by atoms with van der Waals surface area (Å²) in [6.45, 7) is 7.52. The summed E-state index contributed by atoms with van der Waals surface area (Å²) in [5.41, 5.74) is -1.58. The van der Waals surface area contributed by atoms with Gasteiger partial charge in [-0.2, -0.15) is 13.2 Å². The molecule has 1 atom stereocenters. The minimum Gasteiger partial charge on any atom is -0.292 e. The predicted molar refractivity (Wildman–Crippen MR) is 109 cm³/mol. The maximum absolute atomic E-state index is 14.8. The second-order valence-electron chi connectivity index (χ2n) is 7.48. The molecule has 11 heteroatoms. The van der Waals surface area contributed by atoms with Gasteiger partial charge in [-0.05, 0) is 12.1 Å². The van der Waals surface area contributed by atoms with Crippen LogP contribution < -0.4 is 11.2 Å². The monoisotopic (exact) mass is 460 g/mol. The minimum absolute atomic E-state index is 0.105. The van der Waals surface area contributed by atoms with E-state index in [-0.39, 0.29) is 31.4 Å². The number of hydrogen-bond acceptors (Lipinski definition) is 3. The van der Waals surface area contributed by atoms with Crippen LogP contribution in [-0.4, -0.2) is 27.2 Å². The van der Waals surface area contributed by atoms with Gasteiger partial charge in [0, 0.05) is 24.4 Å². The maximum atomic E-state index is 14.8. The van der Waals surface area contributed by atoms with Crippen LogP contribution in [0.4, 0.5) is 17.6 Å². The summed E-state index contributed by atoms with van der Waals surface area (Å²) in [4.78, 5) is 24.9. The Bertz CT molecular complexity index is 1200. The highest BCUT2D eigenvalue weighted by molar-refractivity contribution is 7.85. The molecule has 30 heavy (non-hydrogen) atoms. The van der Waals surface area contributed by atoms with Crippen molar-refractivity contribution in [2.75, 3.05) is 5.75 Å². The Kier molecular flexibility index (Phi) is 6.63. The molecule has 0 aliphatic heterocycles. The van der Waals surface area contributed by atoms with Gasteiger partial charge in [-0.15, -0.1) is 5.54 Å². The van der Waals surface area contributed by atoms with Crippen molar-refractivity contribution in [1.82, 2.24) is 9.13 Å². The number of benzene rings is 1. The summed E-state index contributed by atoms with van der Waals surface area (Å²) >= 11 is 0. The molecule has 0 radical (unpaired) electrons. The Morgan fingerprint density at radius 2 is 1.73 bits per heavy atom. The van der Waals surface area contributed by atoms with E-state index in [9.17, 15) is 31.4 Å². The van der Waals surface area contributed by atoms with Crippen LogP contribution in [0.2, 0.25) is 19.6 Å². The van der Waals surface area contributed by atoms with Crippen molar-refractivity contribution in [2.24, 2.45) is 7.05 Å². The van der Waals surface area contributed by atoms with E-state index in [0.717, 1.165) is 19.2 Å². The topological polar surface area (TPSA) is 61.1 Å². The zero-order valence-corrected chi connectivity index (χ0v) is 18.8. The first-order valence-electron chi connectivity index (χ1n) is 8.83. The van der Waals surface area contributed by atoms with Crippen molar-refractivity contribution in [1.29, 1.82) is 0 Å². The smallest absolute Gasteiger partial charge is 0.292 e. The van der Waals surface area contributed by atoms with E-state index in [1.54, 1.807) is 6.92 Å². The van der Waals surface area contributed by atoms with Gasteiger partial charge in [0.25, 0.3) is 5.56 Å². The fourth-order valence-corrected chi connectivity index (χ4v) is 3.95. The molecule has 0 fully saturated rings. The molecule has 1 aromatic heterocycles. The summed E-state index contributed by atoms with van der Waals surface area (Å²) in [5.74, 6) is 1.94. The van der Waals surface area contributed by atoms with Crippen LogP contribution >= 0.6 is 0 Å². The van der Waals surface area contributed by atoms with Crippen molar-refractivity contribution in [3.05, 3.63) is 56.1 Å². The van der Waals surface area contributed by atoms with Gasteiger partial charge in [-0.1, -0.05) is 32.5 Å². The second-order valence-corrected chi connectivity index (χ2v) is 13.9. The van der Waals surface area contributed by atoms with Crippen molar-refractivity contribution >= 4 is 18.9 Å². The lowest BCUT2D eigenvalue weighted by Gasteiger charge is -2.15. The second kappa shape index (κ2) is 8.35. The standard InChI is InChI=1S/C19H20F4N2O3SSi/c1-6-29(28)15-10-14(13(20)9-12(15)7-8-30(3,4)5)25-17(26)11-16(19(21,22)23)24(2)18(25)27/h9-11H,6H2,1-5H3. The Morgan fingerprint density at radius 1 is 1.13 bits per heavy atom. The highest BCUT2D eigenvalue weighted by atomic mass is 32.2. The molecule has 1 heterocycles. The van der Waals surface area contributed by atoms with E-state index >= 15 is 0 Å². The van der Waals surface area contributed by atoms with E-state index in [1.807, 2.05) is 19.6 Å². The molecule has 1 aromatic carbocycles. The third kappa shape index (κ3) is 4.99. The Balaban J connectivity index is 2.86. The number of nitrogens with zero attached hydrogens (tertiary/aromatic N) is 2. The van der Waals surface area contributed by atoms with Gasteiger partial charge in [-0.25, -0.2) is 13.8 Å². The molecule has 0 saturated carbocycles. The normalized spacial score (nSPS) is 13.0. The number of aromatic nitrogens is 2. The maximum Gasteiger partial charge on any atom is 0.431 e. The number of rotatable bonds is 3. The molecule has 162 valence electrons. The molecule has 0 saturated heterocycles. The summed E-state index contributed by atoms with van der Waals surface area (Å²) in [7, 11) is -2.64. The molecule has 0 bridgehead atoms. The van der Waals surface area contributed by atoms with Gasteiger partial charge in [0.05, 0.1) is 21.4 Å². The van der Waals surface area contributed by atoms with Crippen molar-refractivity contribution in [3.63, 3.8) is 0 Å². The summed E-state index contributed by atoms with van der Waals surface area (Å²) < 4.78 is 67.0. The summed E-state index contributed by atoms with van der Waals surface area (Å²) in [6.07, 6.45) is -4.93. The third-order valence-electron chi connectivity index (χ3n) is 3.98. The zero-order valence-electron chi connectivity index (χ0n) is 17.0. The average molecular weight is 461 g/mol. The van der Waals surface area contributed by atoms with Gasteiger partial charge in [-0.3, -0.25) is 13.6 Å². The SMILES string of the molecule is CCS(=O)c1cc(-n2c(=O)cc(C(F)(F)F)n(C)c2=O)c(F)cc1C#C[Si](C)(C)C. The zero-order chi connectivity index (χ0) is 23.0. The molecule has 0 amide bonds. The molecule has 2 aromatic rings. The highest BCUT2D eigenvalue weighted by Crippen LogP contribution is 2.27. The Labute approximate surface area is 173 Å². The molecule has 0 spiro atoms. The van der Waals surface area contributed by atoms with Crippen LogP contribution in [0.5, 0.6) is 0 Å². The number of hydrogen-bond donors (Lipinski definition) is 0. The van der Waals surface area contributed by atoms with Crippen LogP contribution in [0.15, 0.2) is 32.7 Å². The molecule has 1 unspecified atom stereocenters. The van der Waals surface area contributed by atoms with Gasteiger partial charge < -0.3 is 0 Å². The lowest BCUT2D eigenvalue weighted by atomic mass is 10.2. The first kappa shape index (κ1) is 23.8. The molecular formula is C19H20F4N2O3SSi. The van der Waals surface area contributed by atoms with Crippen LogP contribution in [0, 0.1) is 17.3 Å². The van der Waals surface area contributed by atoms with Gasteiger partial charge in [0.1, 0.15) is 19.6 Å². The summed E-state index contributed by atoms with van der Waals surface area (Å²) in [5, 5.41) is 0. The van der Waals surface area contributed by atoms with E-state index in [4.69, 9.17) is 0 Å². The van der Waals surface area contributed by atoms with E-state index < -0.39 is 53.5 Å². The molecule has 2 rings (SSSR count). The number of halogens is 4. The van der Waals surface area contributed by atoms with Crippen molar-refractivity contribution < 1.29 is 21.8 Å². The van der Waals surface area contributed by atoms with Crippen LogP contribution in [0.3, 0.4) is 0 Å². The predicted octanol–water partition coefficient (Wildman–Crippen LogP) is 3.05. The van der Waals surface area contributed by atoms with Crippen molar-refractivity contribution in [3.8, 4) is 17.2 Å². The largest absolute Gasteiger partial charge is 0.431 e. The fourth-order valence-electron chi connectivity index (χ4n) is 2.53. The van der Waals surface area contributed by atoms with Crippen LogP contribution in [0.25, 0.3) is 5.69 Å². The van der Waals surface area contributed by atoms with Gasteiger partial charge in [0.2, 0.25) is 0 Å². The number of alkyl halides is 3. The van der Waals surface area contributed by atoms with Crippen LogP contribution in [0.1, 0.15) is 18.2 Å². The van der Waals surface area contributed by atoms with Crippen LogP contribution in [-0.2, 0) is 24.0 Å². The molecule has 5 nitrogen and oxygen atoms in total. The molecular weight excluding hydrogens is 440 g/mol. The van der Waals surface area contributed by atoms with E-state index in [1.165, 1.54) is 0 Å². The Hall–Kier alpha value is -2.45. The summed E-state index contributed by atoms with van der Waals surface area (Å²) in [6, 6.07) is 2.21. The average Bonchev–Trinajstić information content (AvgIpc) is 2.62. The van der Waals surface area contributed by atoms with Gasteiger partial charge in [0.15, 0.2) is 0 Å². The van der Waals surface area contributed by atoms with Crippen molar-refractivity contribution in [2.45, 2.75) is 37.6 Å². The quantitative estimate of drug-likeness (QED) is 0.402. The molecule has 0 N–H and O–H groups in total. The molecule has 0 aliphatic carbocycles.